The molecule has 10 nitrogen and oxygen atoms in total. The van der Waals surface area contributed by atoms with Crippen LogP contribution in [0, 0.1) is 12.3 Å². The number of para-hydroxylation sites is 1. The average molecular weight is 476 g/mol. The lowest BCUT2D eigenvalue weighted by atomic mass is 10.0. The lowest BCUT2D eigenvalue weighted by Gasteiger charge is -2.23. The Hall–Kier alpha value is -3.86. The molecule has 35 heavy (non-hydrogen) atoms. The Morgan fingerprint density at radius 3 is 2.54 bits per heavy atom. The third kappa shape index (κ3) is 5.62. The van der Waals surface area contributed by atoms with Crippen LogP contribution in [-0.4, -0.2) is 46.7 Å². The quantitative estimate of drug-likeness (QED) is 0.259. The number of carbonyl (C=O) groups is 1. The molecule has 1 saturated heterocycles. The highest BCUT2D eigenvalue weighted by Crippen LogP contribution is 2.24. The van der Waals surface area contributed by atoms with Gasteiger partial charge < -0.3 is 20.6 Å². The van der Waals surface area contributed by atoms with Crippen LogP contribution in [0.1, 0.15) is 41.4 Å². The molecular weight excluding hydrogens is 446 g/mol. The van der Waals surface area contributed by atoms with E-state index < -0.39 is 6.17 Å². The van der Waals surface area contributed by atoms with Crippen LogP contribution >= 0.6 is 0 Å². The molecule has 3 aromatic rings. The predicted molar refractivity (Wildman–Crippen MR) is 133 cm³/mol. The highest BCUT2D eigenvalue weighted by atomic mass is 16.6. The molecule has 6 N–H and O–H groups in total. The molecule has 0 aliphatic carbocycles. The Kier molecular flexibility index (Phi) is 7.66. The van der Waals surface area contributed by atoms with Gasteiger partial charge in [-0.3, -0.25) is 19.9 Å². The molecule has 1 atom stereocenters. The van der Waals surface area contributed by atoms with Gasteiger partial charge in [-0.1, -0.05) is 48.5 Å². The first kappa shape index (κ1) is 24.3. The van der Waals surface area contributed by atoms with Crippen LogP contribution in [0.25, 0.3) is 0 Å². The number of anilines is 1. The van der Waals surface area contributed by atoms with Gasteiger partial charge in [0, 0.05) is 24.3 Å². The number of nitrogens with one attached hydrogen (secondary N) is 2. The molecule has 182 valence electrons. The summed E-state index contributed by atoms with van der Waals surface area (Å²) in [5.41, 5.74) is 10.6. The summed E-state index contributed by atoms with van der Waals surface area (Å²) in [5, 5.41) is 14.8. The van der Waals surface area contributed by atoms with Crippen LogP contribution in [-0.2, 0) is 14.4 Å². The second-order valence-corrected chi connectivity index (χ2v) is 8.23. The Bertz CT molecular complexity index is 1220. The van der Waals surface area contributed by atoms with Crippen molar-refractivity contribution in [1.82, 2.24) is 9.78 Å². The zero-order valence-corrected chi connectivity index (χ0v) is 19.5. The van der Waals surface area contributed by atoms with Crippen molar-refractivity contribution in [1.29, 1.82) is 5.41 Å². The fourth-order valence-corrected chi connectivity index (χ4v) is 4.05. The molecule has 3 heterocycles. The minimum Gasteiger partial charge on any atom is -0.389 e. The fourth-order valence-electron chi connectivity index (χ4n) is 4.05. The van der Waals surface area contributed by atoms with Crippen molar-refractivity contribution in [3.8, 4) is 0 Å². The largest absolute Gasteiger partial charge is 0.389 e. The summed E-state index contributed by atoms with van der Waals surface area (Å²) in [6.07, 6.45) is 0.931. The van der Waals surface area contributed by atoms with E-state index in [2.05, 4.69) is 20.2 Å². The molecule has 1 fully saturated rings. The van der Waals surface area contributed by atoms with Crippen molar-refractivity contribution in [3.63, 3.8) is 0 Å². The molecule has 1 unspecified atom stereocenters. The van der Waals surface area contributed by atoms with Crippen molar-refractivity contribution >= 4 is 23.2 Å². The van der Waals surface area contributed by atoms with Crippen molar-refractivity contribution in [2.24, 2.45) is 16.6 Å². The number of hydrogen-bond donors (Lipinski definition) is 4. The number of nitrogens with two attached hydrogens (primary N) is 2. The number of ether oxygens (including phenoxy) is 1. The number of aromatic nitrogens is 2. The SMILES string of the molecule is Cc1cc(C(=N)ON)n(C2CCOCC2)n1.NC1N=C(c2ccccc2)c2ccccc2NC1=O. The Labute approximate surface area is 203 Å². The van der Waals surface area contributed by atoms with E-state index in [0.717, 1.165) is 54.3 Å². The van der Waals surface area contributed by atoms with Gasteiger partial charge in [-0.2, -0.15) is 11.0 Å². The van der Waals surface area contributed by atoms with Crippen molar-refractivity contribution in [2.75, 3.05) is 18.5 Å². The number of fused-ring (bicyclic) bond motifs is 1. The van der Waals surface area contributed by atoms with E-state index in [1.807, 2.05) is 72.3 Å². The normalized spacial score (nSPS) is 17.7. The first-order valence-electron chi connectivity index (χ1n) is 11.4. The van der Waals surface area contributed by atoms with Crippen LogP contribution in [0.2, 0.25) is 0 Å². The van der Waals surface area contributed by atoms with Gasteiger partial charge in [0.15, 0.2) is 6.17 Å². The van der Waals surface area contributed by atoms with Crippen molar-refractivity contribution < 1.29 is 14.4 Å². The minimum atomic E-state index is -0.886. The summed E-state index contributed by atoms with van der Waals surface area (Å²) >= 11 is 0. The van der Waals surface area contributed by atoms with Gasteiger partial charge in [-0.15, -0.1) is 0 Å². The molecule has 0 bridgehead atoms. The summed E-state index contributed by atoms with van der Waals surface area (Å²) < 4.78 is 7.13. The number of rotatable bonds is 3. The maximum Gasteiger partial charge on any atom is 0.263 e. The van der Waals surface area contributed by atoms with Crippen LogP contribution in [0.15, 0.2) is 65.7 Å². The predicted octanol–water partition coefficient (Wildman–Crippen LogP) is 2.52. The Morgan fingerprint density at radius 2 is 1.83 bits per heavy atom. The molecule has 2 aliphatic heterocycles. The number of benzene rings is 2. The number of aliphatic imine (C=N–C) groups is 1. The molecule has 0 radical (unpaired) electrons. The monoisotopic (exact) mass is 475 g/mol. The van der Waals surface area contributed by atoms with Crippen LogP contribution in [0.4, 0.5) is 5.69 Å². The molecule has 0 spiro atoms. The van der Waals surface area contributed by atoms with Crippen LogP contribution < -0.4 is 16.9 Å². The number of benzodiazepines with no additional fused rings is 1. The zero-order valence-electron chi connectivity index (χ0n) is 19.5. The zero-order chi connectivity index (χ0) is 24.8. The summed E-state index contributed by atoms with van der Waals surface area (Å²) in [5.74, 6) is 4.68. The van der Waals surface area contributed by atoms with Gasteiger partial charge in [0.05, 0.1) is 23.1 Å². The van der Waals surface area contributed by atoms with Gasteiger partial charge in [0.1, 0.15) is 5.69 Å². The van der Waals surface area contributed by atoms with Gasteiger partial charge in [-0.25, -0.2) is 0 Å². The number of amides is 1. The smallest absolute Gasteiger partial charge is 0.263 e. The maximum absolute atomic E-state index is 11.8. The molecule has 1 aromatic heterocycles. The number of carbonyl (C=O) groups excluding carboxylic acids is 1. The number of aryl methyl sites for hydroxylation is 1. The molecule has 1 amide bonds. The topological polar surface area (TPSA) is 154 Å². The van der Waals surface area contributed by atoms with Crippen molar-refractivity contribution in [3.05, 3.63) is 83.2 Å². The third-order valence-corrected chi connectivity index (χ3v) is 5.77. The van der Waals surface area contributed by atoms with Gasteiger partial charge >= 0.3 is 0 Å². The molecule has 10 heteroatoms. The minimum absolute atomic E-state index is 0.0490. The second-order valence-electron chi connectivity index (χ2n) is 8.23. The first-order chi connectivity index (χ1) is 17.0. The first-order valence-corrected chi connectivity index (χ1v) is 11.4. The third-order valence-electron chi connectivity index (χ3n) is 5.77. The molecule has 5 rings (SSSR count). The van der Waals surface area contributed by atoms with E-state index in [4.69, 9.17) is 21.8 Å². The molecule has 0 saturated carbocycles. The van der Waals surface area contributed by atoms with Gasteiger partial charge in [-0.05, 0) is 31.9 Å². The van der Waals surface area contributed by atoms with Gasteiger partial charge in [0.2, 0.25) is 0 Å². The van der Waals surface area contributed by atoms with E-state index in [1.165, 1.54) is 0 Å². The second kappa shape index (κ2) is 11.0. The highest BCUT2D eigenvalue weighted by Gasteiger charge is 2.23. The standard InChI is InChI=1S/C15H13N3O.C10H16N4O2/c16-14-15(19)17-12-9-5-4-8-11(12)13(18-14)10-6-2-1-3-7-10;1-7-6-9(10(11)16-12)14(13-7)8-2-4-15-5-3-8/h1-9,14H,16H2,(H,17,19);6,8,11H,2-5,12H2,1H3. The summed E-state index contributed by atoms with van der Waals surface area (Å²) in [4.78, 5) is 20.6. The van der Waals surface area contributed by atoms with Crippen LogP contribution in [0.5, 0.6) is 0 Å². The Morgan fingerprint density at radius 1 is 1.14 bits per heavy atom. The van der Waals surface area contributed by atoms with Gasteiger partial charge in [0.25, 0.3) is 11.8 Å². The highest BCUT2D eigenvalue weighted by molar-refractivity contribution is 6.19. The lowest BCUT2D eigenvalue weighted by Crippen LogP contribution is -2.33. The summed E-state index contributed by atoms with van der Waals surface area (Å²) in [6.45, 7) is 3.36. The van der Waals surface area contributed by atoms with Crippen molar-refractivity contribution in [2.45, 2.75) is 32.0 Å². The van der Waals surface area contributed by atoms with E-state index in [1.54, 1.807) is 0 Å². The molecule has 2 aromatic carbocycles. The summed E-state index contributed by atoms with van der Waals surface area (Å²) in [7, 11) is 0. The molecule has 2 aliphatic rings. The number of nitrogens with zero attached hydrogens (tertiary/aromatic N) is 3. The molecular formula is C25H29N7O3. The fraction of sp³-hybridized carbons (Fsp3) is 0.280. The summed E-state index contributed by atoms with van der Waals surface area (Å²) in [6, 6.07) is 19.4. The average Bonchev–Trinajstić information content (AvgIpc) is 3.24. The maximum atomic E-state index is 11.8. The van der Waals surface area contributed by atoms with Crippen LogP contribution in [0.3, 0.4) is 0 Å². The van der Waals surface area contributed by atoms with E-state index in [-0.39, 0.29) is 17.8 Å². The van der Waals surface area contributed by atoms with E-state index >= 15 is 0 Å². The van der Waals surface area contributed by atoms with E-state index in [9.17, 15) is 4.79 Å². The Balaban J connectivity index is 0.000000168. The van der Waals surface area contributed by atoms with E-state index in [0.29, 0.717) is 5.69 Å². The number of hydrogen-bond acceptors (Lipinski definition) is 8. The lowest BCUT2D eigenvalue weighted by molar-refractivity contribution is -0.117.